The van der Waals surface area contributed by atoms with Gasteiger partial charge in [0.15, 0.2) is 5.11 Å². The molecule has 0 bridgehead atoms. The number of hydrogen-bond acceptors (Lipinski definition) is 2. The maximum atomic E-state index is 13.7. The van der Waals surface area contributed by atoms with Crippen molar-refractivity contribution in [2.45, 2.75) is 39.8 Å². The maximum absolute atomic E-state index is 13.7. The smallest absolute Gasteiger partial charge is 0.174 e. The molecule has 2 aromatic heterocycles. The van der Waals surface area contributed by atoms with Crippen LogP contribution in [0.4, 0.5) is 10.1 Å². The quantitative estimate of drug-likeness (QED) is 0.349. The van der Waals surface area contributed by atoms with Crippen LogP contribution in [0.3, 0.4) is 0 Å². The van der Waals surface area contributed by atoms with E-state index in [9.17, 15) is 4.39 Å². The number of aryl methyl sites for hydroxylation is 3. The van der Waals surface area contributed by atoms with Crippen molar-refractivity contribution in [2.24, 2.45) is 0 Å². The fraction of sp³-hybridized carbons (Fsp3) is 0.214. The van der Waals surface area contributed by atoms with Crippen LogP contribution in [0.5, 0.6) is 0 Å². The van der Waals surface area contributed by atoms with Crippen LogP contribution >= 0.6 is 12.2 Å². The van der Waals surface area contributed by atoms with Crippen molar-refractivity contribution < 1.29 is 4.39 Å². The lowest BCUT2D eigenvalue weighted by molar-refractivity contribution is 0.565. The molecular weight excluding hydrogens is 443 g/mol. The van der Waals surface area contributed by atoms with Gasteiger partial charge in [-0.3, -0.25) is 4.98 Å². The summed E-state index contributed by atoms with van der Waals surface area (Å²) in [6.45, 7) is 8.53. The Hall–Kier alpha value is -3.51. The minimum Gasteiger partial charge on any atom is -0.351 e. The molecule has 1 aliphatic heterocycles. The van der Waals surface area contributed by atoms with Gasteiger partial charge in [0.25, 0.3) is 0 Å². The van der Waals surface area contributed by atoms with E-state index in [1.54, 1.807) is 18.3 Å². The van der Waals surface area contributed by atoms with Gasteiger partial charge in [-0.25, -0.2) is 4.39 Å². The Labute approximate surface area is 205 Å². The Morgan fingerprint density at radius 2 is 1.59 bits per heavy atom. The summed E-state index contributed by atoms with van der Waals surface area (Å²) in [5, 5.41) is 4.09. The molecule has 6 heteroatoms. The van der Waals surface area contributed by atoms with Gasteiger partial charge < -0.3 is 14.8 Å². The standard InChI is InChI=1S/C28H27FN4S/c1-17-13-18(2)15-23(14-17)32-19(3)16-24(20(32)4)27-26(25-7-5-6-12-30-25)31-28(34)33(27)22-10-8-21(29)9-11-22/h5-16,26-27H,1-4H3,(H,31,34)/t26-,27+/m1/s1. The number of halogens is 1. The van der Waals surface area contributed by atoms with Crippen LogP contribution < -0.4 is 10.2 Å². The molecule has 5 rings (SSSR count). The first-order valence-corrected chi connectivity index (χ1v) is 11.8. The summed E-state index contributed by atoms with van der Waals surface area (Å²) in [5.41, 5.74) is 8.81. The molecule has 0 saturated carbocycles. The van der Waals surface area contributed by atoms with Crippen molar-refractivity contribution in [3.63, 3.8) is 0 Å². The normalized spacial score (nSPS) is 17.8. The fourth-order valence-electron chi connectivity index (χ4n) is 5.11. The third-order valence-electron chi connectivity index (χ3n) is 6.46. The highest BCUT2D eigenvalue weighted by Gasteiger charge is 2.42. The van der Waals surface area contributed by atoms with Gasteiger partial charge in [-0.05, 0) is 111 Å². The lowest BCUT2D eigenvalue weighted by Gasteiger charge is -2.28. The van der Waals surface area contributed by atoms with E-state index in [2.05, 4.69) is 71.7 Å². The zero-order valence-corrected chi connectivity index (χ0v) is 20.5. The van der Waals surface area contributed by atoms with Gasteiger partial charge in [-0.1, -0.05) is 12.1 Å². The first-order chi connectivity index (χ1) is 16.3. The second-order valence-corrected chi connectivity index (χ2v) is 9.37. The summed E-state index contributed by atoms with van der Waals surface area (Å²) >= 11 is 5.81. The van der Waals surface area contributed by atoms with E-state index in [4.69, 9.17) is 12.2 Å². The van der Waals surface area contributed by atoms with Gasteiger partial charge in [0.2, 0.25) is 0 Å². The van der Waals surface area contributed by atoms with Gasteiger partial charge in [0, 0.05) is 29.0 Å². The second-order valence-electron chi connectivity index (χ2n) is 8.98. The predicted molar refractivity (Wildman–Crippen MR) is 139 cm³/mol. The van der Waals surface area contributed by atoms with Crippen molar-refractivity contribution in [1.29, 1.82) is 0 Å². The van der Waals surface area contributed by atoms with Crippen molar-refractivity contribution in [1.82, 2.24) is 14.9 Å². The summed E-state index contributed by atoms with van der Waals surface area (Å²) in [5.74, 6) is -0.271. The van der Waals surface area contributed by atoms with E-state index < -0.39 is 0 Å². The van der Waals surface area contributed by atoms with Gasteiger partial charge in [0.05, 0.1) is 17.8 Å². The molecule has 4 nitrogen and oxygen atoms in total. The van der Waals surface area contributed by atoms with Crippen LogP contribution in [0.15, 0.2) is 72.9 Å². The number of benzene rings is 2. The molecule has 0 unspecified atom stereocenters. The van der Waals surface area contributed by atoms with Crippen molar-refractivity contribution in [3.8, 4) is 5.69 Å². The predicted octanol–water partition coefficient (Wildman–Crippen LogP) is 6.42. The molecule has 1 N–H and O–H groups in total. The Kier molecular flexibility index (Phi) is 5.70. The zero-order chi connectivity index (χ0) is 24.0. The van der Waals surface area contributed by atoms with Crippen LogP contribution in [0.1, 0.15) is 45.9 Å². The Bertz CT molecular complexity index is 1340. The molecule has 0 radical (unpaired) electrons. The molecule has 0 aliphatic carbocycles. The van der Waals surface area contributed by atoms with E-state index in [1.807, 2.05) is 18.2 Å². The molecule has 0 spiro atoms. The van der Waals surface area contributed by atoms with E-state index in [0.717, 1.165) is 34.0 Å². The summed E-state index contributed by atoms with van der Waals surface area (Å²) in [6.07, 6.45) is 1.80. The largest absolute Gasteiger partial charge is 0.351 e. The molecule has 4 aromatic rings. The molecule has 1 aliphatic rings. The lowest BCUT2D eigenvalue weighted by Crippen LogP contribution is -2.29. The van der Waals surface area contributed by atoms with Crippen LogP contribution in [0, 0.1) is 33.5 Å². The summed E-state index contributed by atoms with van der Waals surface area (Å²) in [7, 11) is 0. The number of thiocarbonyl (C=S) groups is 1. The summed E-state index contributed by atoms with van der Waals surface area (Å²) < 4.78 is 16.0. The molecule has 1 saturated heterocycles. The number of nitrogens with one attached hydrogen (secondary N) is 1. The van der Waals surface area contributed by atoms with Crippen molar-refractivity contribution >= 4 is 23.0 Å². The Morgan fingerprint density at radius 3 is 2.24 bits per heavy atom. The first-order valence-electron chi connectivity index (χ1n) is 11.4. The fourth-order valence-corrected chi connectivity index (χ4v) is 5.46. The van der Waals surface area contributed by atoms with E-state index in [1.165, 1.54) is 23.3 Å². The highest BCUT2D eigenvalue weighted by Crippen LogP contribution is 2.43. The number of rotatable bonds is 4. The molecule has 3 heterocycles. The highest BCUT2D eigenvalue weighted by molar-refractivity contribution is 7.80. The molecule has 172 valence electrons. The van der Waals surface area contributed by atoms with Gasteiger partial charge >= 0.3 is 0 Å². The number of anilines is 1. The van der Waals surface area contributed by atoms with Crippen molar-refractivity contribution in [2.75, 3.05) is 4.90 Å². The maximum Gasteiger partial charge on any atom is 0.174 e. The monoisotopic (exact) mass is 470 g/mol. The topological polar surface area (TPSA) is 33.1 Å². The summed E-state index contributed by atoms with van der Waals surface area (Å²) in [6, 6.07) is 21.0. The SMILES string of the molecule is Cc1cc(C)cc(-n2c(C)cc([C@H]3[C@@H](c4ccccn4)NC(=S)N3c3ccc(F)cc3)c2C)c1. The van der Waals surface area contributed by atoms with Gasteiger partial charge in [-0.15, -0.1) is 0 Å². The third-order valence-corrected chi connectivity index (χ3v) is 6.77. The zero-order valence-electron chi connectivity index (χ0n) is 19.7. The van der Waals surface area contributed by atoms with E-state index >= 15 is 0 Å². The number of hydrogen-bond donors (Lipinski definition) is 1. The third kappa shape index (κ3) is 3.88. The average Bonchev–Trinajstić information content (AvgIpc) is 3.29. The Morgan fingerprint density at radius 1 is 0.882 bits per heavy atom. The highest BCUT2D eigenvalue weighted by atomic mass is 32.1. The molecule has 0 amide bonds. The van der Waals surface area contributed by atoms with Crippen LogP contribution in [-0.4, -0.2) is 14.7 Å². The van der Waals surface area contributed by atoms with Gasteiger partial charge in [-0.2, -0.15) is 0 Å². The minimum atomic E-state index is -0.271. The van der Waals surface area contributed by atoms with Crippen molar-refractivity contribution in [3.05, 3.63) is 113 Å². The molecular formula is C28H27FN4S. The molecule has 2 aromatic carbocycles. The van der Waals surface area contributed by atoms with Gasteiger partial charge in [0.1, 0.15) is 5.82 Å². The van der Waals surface area contributed by atoms with Crippen LogP contribution in [0.25, 0.3) is 5.69 Å². The van der Waals surface area contributed by atoms with E-state index in [0.29, 0.717) is 5.11 Å². The lowest BCUT2D eigenvalue weighted by atomic mass is 9.96. The number of nitrogens with zero attached hydrogens (tertiary/aromatic N) is 3. The Balaban J connectivity index is 1.69. The first kappa shape index (κ1) is 22.3. The summed E-state index contributed by atoms with van der Waals surface area (Å²) in [4.78, 5) is 6.72. The second kappa shape index (κ2) is 8.69. The van der Waals surface area contributed by atoms with Crippen LogP contribution in [-0.2, 0) is 0 Å². The number of aromatic nitrogens is 2. The number of pyridine rings is 1. The molecule has 34 heavy (non-hydrogen) atoms. The average molecular weight is 471 g/mol. The molecule has 2 atom stereocenters. The minimum absolute atomic E-state index is 0.140. The van der Waals surface area contributed by atoms with Crippen LogP contribution in [0.2, 0.25) is 0 Å². The van der Waals surface area contributed by atoms with E-state index in [-0.39, 0.29) is 17.9 Å². The molecule has 1 fully saturated rings.